The van der Waals surface area contributed by atoms with Crippen LogP contribution in [0.3, 0.4) is 0 Å². The Balaban J connectivity index is 1.53. The van der Waals surface area contributed by atoms with E-state index in [4.69, 9.17) is 14.6 Å². The lowest BCUT2D eigenvalue weighted by Crippen LogP contribution is -2.48. The molecule has 0 radical (unpaired) electrons. The molecule has 0 spiro atoms. The standard InChI is InChI=1S/C30H37FN6O3Si/c1-21(38)35-12-14-36(15-13-35)27-19-23(8-10-32-27)29-24-18-22(28-26(39-2)9-11-33-30(28)31)6-7-25(24)37(34-29)20-40-16-17-41(3,4)5/h6-11,18-19H,12-17,20H2,1-5H3. The first-order valence-corrected chi connectivity index (χ1v) is 17.6. The fraction of sp³-hybridized carbons (Fsp3) is 0.400. The molecule has 0 unspecified atom stereocenters. The van der Waals surface area contributed by atoms with E-state index < -0.39 is 14.0 Å². The second kappa shape index (κ2) is 12.0. The molecule has 5 rings (SSSR count). The minimum atomic E-state index is -1.23. The number of benzene rings is 1. The first-order chi connectivity index (χ1) is 19.6. The van der Waals surface area contributed by atoms with Gasteiger partial charge in [0.15, 0.2) is 0 Å². The van der Waals surface area contributed by atoms with Gasteiger partial charge in [-0.1, -0.05) is 25.7 Å². The van der Waals surface area contributed by atoms with Gasteiger partial charge in [-0.2, -0.15) is 9.49 Å². The van der Waals surface area contributed by atoms with Gasteiger partial charge in [-0.15, -0.1) is 0 Å². The van der Waals surface area contributed by atoms with Crippen molar-refractivity contribution in [2.45, 2.75) is 39.3 Å². The van der Waals surface area contributed by atoms with Gasteiger partial charge in [-0.05, 0) is 41.9 Å². The molecule has 1 amide bonds. The van der Waals surface area contributed by atoms with Gasteiger partial charge >= 0.3 is 0 Å². The maximum atomic E-state index is 14.9. The number of rotatable bonds is 9. The fourth-order valence-corrected chi connectivity index (χ4v) is 5.77. The van der Waals surface area contributed by atoms with Crippen molar-refractivity contribution in [3.63, 3.8) is 0 Å². The van der Waals surface area contributed by atoms with Crippen LogP contribution >= 0.6 is 0 Å². The molecule has 1 aliphatic heterocycles. The van der Waals surface area contributed by atoms with Gasteiger partial charge in [0.2, 0.25) is 11.9 Å². The predicted octanol–water partition coefficient (Wildman–Crippen LogP) is 5.29. The van der Waals surface area contributed by atoms with Crippen LogP contribution in [0.15, 0.2) is 48.8 Å². The lowest BCUT2D eigenvalue weighted by Gasteiger charge is -2.35. The molecule has 0 bridgehead atoms. The first-order valence-electron chi connectivity index (χ1n) is 13.9. The topological polar surface area (TPSA) is 85.6 Å². The molecule has 0 saturated carbocycles. The molecule has 4 heterocycles. The van der Waals surface area contributed by atoms with Gasteiger partial charge in [0.25, 0.3) is 0 Å². The van der Waals surface area contributed by atoms with E-state index in [9.17, 15) is 9.18 Å². The third-order valence-corrected chi connectivity index (χ3v) is 9.11. The summed E-state index contributed by atoms with van der Waals surface area (Å²) in [5, 5.41) is 5.84. The number of methoxy groups -OCH3 is 1. The van der Waals surface area contributed by atoms with Crippen LogP contribution in [0.1, 0.15) is 6.92 Å². The number of carbonyl (C=O) groups excluding carboxylic acids is 1. The number of fused-ring (bicyclic) bond motifs is 1. The molecule has 0 atom stereocenters. The summed E-state index contributed by atoms with van der Waals surface area (Å²) in [6.07, 6.45) is 3.18. The van der Waals surface area contributed by atoms with Gasteiger partial charge in [0.1, 0.15) is 24.0 Å². The van der Waals surface area contributed by atoms with Crippen LogP contribution in [0.4, 0.5) is 10.2 Å². The molecule has 1 aromatic carbocycles. The number of halogens is 1. The SMILES string of the molecule is COc1ccnc(F)c1-c1ccc2c(c1)c(-c1ccnc(N3CCN(C(C)=O)CC3)c1)nn2COCC[Si](C)(C)C. The fourth-order valence-electron chi connectivity index (χ4n) is 5.02. The molecule has 1 saturated heterocycles. The second-order valence-corrected chi connectivity index (χ2v) is 17.1. The van der Waals surface area contributed by atoms with E-state index in [0.717, 1.165) is 34.0 Å². The largest absolute Gasteiger partial charge is 0.496 e. The van der Waals surface area contributed by atoms with Crippen LogP contribution in [0.5, 0.6) is 5.75 Å². The Morgan fingerprint density at radius 1 is 1.00 bits per heavy atom. The number of amides is 1. The van der Waals surface area contributed by atoms with Gasteiger partial charge in [-0.3, -0.25) is 4.79 Å². The molecule has 0 N–H and O–H groups in total. The molecular formula is C30H37FN6O3Si. The van der Waals surface area contributed by atoms with Gasteiger partial charge < -0.3 is 19.3 Å². The molecule has 41 heavy (non-hydrogen) atoms. The number of anilines is 1. The number of ether oxygens (including phenoxy) is 2. The van der Waals surface area contributed by atoms with Crippen LogP contribution in [-0.2, 0) is 16.3 Å². The zero-order valence-electron chi connectivity index (χ0n) is 24.4. The van der Waals surface area contributed by atoms with Crippen molar-refractivity contribution in [1.82, 2.24) is 24.6 Å². The molecular weight excluding hydrogens is 539 g/mol. The zero-order chi connectivity index (χ0) is 29.1. The molecule has 0 aliphatic carbocycles. The van der Waals surface area contributed by atoms with Crippen LogP contribution in [0.2, 0.25) is 25.7 Å². The lowest BCUT2D eigenvalue weighted by molar-refractivity contribution is -0.129. The van der Waals surface area contributed by atoms with E-state index in [1.54, 1.807) is 19.2 Å². The maximum absolute atomic E-state index is 14.9. The summed E-state index contributed by atoms with van der Waals surface area (Å²) in [4.78, 5) is 24.3. The second-order valence-electron chi connectivity index (χ2n) is 11.5. The monoisotopic (exact) mass is 576 g/mol. The Hall–Kier alpha value is -3.83. The Labute approximate surface area is 240 Å². The highest BCUT2D eigenvalue weighted by atomic mass is 28.3. The summed E-state index contributed by atoms with van der Waals surface area (Å²) in [7, 11) is 0.290. The summed E-state index contributed by atoms with van der Waals surface area (Å²) in [6.45, 7) is 12.3. The van der Waals surface area contributed by atoms with Crippen LogP contribution in [0, 0.1) is 5.95 Å². The summed E-state index contributed by atoms with van der Waals surface area (Å²) in [6, 6.07) is 12.4. The van der Waals surface area contributed by atoms with Gasteiger partial charge in [0, 0.05) is 71.1 Å². The third kappa shape index (κ3) is 6.41. The number of hydrogen-bond acceptors (Lipinski definition) is 7. The van der Waals surface area contributed by atoms with Gasteiger partial charge in [0.05, 0.1) is 18.2 Å². The third-order valence-electron chi connectivity index (χ3n) is 7.40. The molecule has 3 aromatic heterocycles. The van der Waals surface area contributed by atoms with Crippen LogP contribution in [-0.4, -0.2) is 78.5 Å². The smallest absolute Gasteiger partial charge is 0.224 e. The summed E-state index contributed by atoms with van der Waals surface area (Å²) in [5.41, 5.74) is 3.49. The number of piperazine rings is 1. The highest BCUT2D eigenvalue weighted by Gasteiger charge is 2.22. The predicted molar refractivity (Wildman–Crippen MR) is 161 cm³/mol. The Kier molecular flexibility index (Phi) is 8.36. The summed E-state index contributed by atoms with van der Waals surface area (Å²) < 4.78 is 28.3. The van der Waals surface area contributed by atoms with Crippen LogP contribution < -0.4 is 9.64 Å². The van der Waals surface area contributed by atoms with Crippen molar-refractivity contribution >= 4 is 30.7 Å². The van der Waals surface area contributed by atoms with Crippen molar-refractivity contribution in [3.05, 3.63) is 54.7 Å². The van der Waals surface area contributed by atoms with E-state index in [1.807, 2.05) is 39.9 Å². The minimum Gasteiger partial charge on any atom is -0.496 e. The summed E-state index contributed by atoms with van der Waals surface area (Å²) >= 11 is 0. The molecule has 1 aliphatic rings. The number of hydrogen-bond donors (Lipinski definition) is 0. The van der Waals surface area contributed by atoms with E-state index >= 15 is 0 Å². The minimum absolute atomic E-state index is 0.0907. The van der Waals surface area contributed by atoms with E-state index in [1.165, 1.54) is 13.3 Å². The highest BCUT2D eigenvalue weighted by Crippen LogP contribution is 2.37. The number of pyridine rings is 2. The van der Waals surface area contributed by atoms with Crippen LogP contribution in [0.25, 0.3) is 33.3 Å². The van der Waals surface area contributed by atoms with E-state index in [2.05, 4.69) is 34.5 Å². The van der Waals surface area contributed by atoms with E-state index in [-0.39, 0.29) is 5.91 Å². The van der Waals surface area contributed by atoms with Crippen molar-refractivity contribution in [1.29, 1.82) is 0 Å². The number of nitrogens with zero attached hydrogens (tertiary/aromatic N) is 6. The number of aromatic nitrogens is 4. The zero-order valence-corrected chi connectivity index (χ0v) is 25.4. The highest BCUT2D eigenvalue weighted by molar-refractivity contribution is 6.76. The normalized spacial score (nSPS) is 14.1. The van der Waals surface area contributed by atoms with Gasteiger partial charge in [-0.25, -0.2) is 14.6 Å². The quantitative estimate of drug-likeness (QED) is 0.152. The average Bonchev–Trinajstić information content (AvgIpc) is 3.32. The molecule has 9 nitrogen and oxygen atoms in total. The maximum Gasteiger partial charge on any atom is 0.224 e. The Morgan fingerprint density at radius 3 is 2.46 bits per heavy atom. The van der Waals surface area contributed by atoms with E-state index in [0.29, 0.717) is 56.4 Å². The lowest BCUT2D eigenvalue weighted by atomic mass is 10.0. The first kappa shape index (κ1) is 28.7. The molecule has 216 valence electrons. The Morgan fingerprint density at radius 2 is 1.76 bits per heavy atom. The van der Waals surface area contributed by atoms with Crippen molar-refractivity contribution < 1.29 is 18.7 Å². The van der Waals surface area contributed by atoms with Crippen molar-refractivity contribution in [2.75, 3.05) is 44.8 Å². The molecule has 11 heteroatoms. The van der Waals surface area contributed by atoms with Crippen molar-refractivity contribution in [3.8, 4) is 28.1 Å². The Bertz CT molecular complexity index is 1550. The average molecular weight is 577 g/mol. The van der Waals surface area contributed by atoms with Crippen molar-refractivity contribution in [2.24, 2.45) is 0 Å². The molecule has 1 fully saturated rings. The summed E-state index contributed by atoms with van der Waals surface area (Å²) in [5.74, 6) is 0.739. The molecule has 4 aromatic rings. The number of carbonyl (C=O) groups is 1.